The minimum Gasteiger partial charge on any atom is -0.493 e. The molecule has 152 valence electrons. The molecule has 0 aliphatic rings. The maximum atomic E-state index is 11.3. The summed E-state index contributed by atoms with van der Waals surface area (Å²) in [6, 6.07) is 15.8. The van der Waals surface area contributed by atoms with Gasteiger partial charge >= 0.3 is 5.69 Å². The summed E-state index contributed by atoms with van der Waals surface area (Å²) in [7, 11) is 1.44. The maximum absolute atomic E-state index is 11.3. The highest BCUT2D eigenvalue weighted by Gasteiger charge is 2.22. The number of non-ortho nitro benzene ring substituents is 1. The minimum atomic E-state index is -0.738. The first kappa shape index (κ1) is 20.5. The monoisotopic (exact) mass is 407 g/mol. The lowest BCUT2D eigenvalue weighted by Gasteiger charge is -2.11. The van der Waals surface area contributed by atoms with Crippen molar-refractivity contribution < 1.29 is 19.3 Å². The Balaban J connectivity index is 1.90. The highest BCUT2D eigenvalue weighted by molar-refractivity contribution is 5.83. The number of nitro groups is 2. The largest absolute Gasteiger partial charge is 0.493 e. The third kappa shape index (κ3) is 4.58. The predicted octanol–water partition coefficient (Wildman–Crippen LogP) is 5.36. The summed E-state index contributed by atoms with van der Waals surface area (Å²) in [5.74, 6) is 0.420. The van der Waals surface area contributed by atoms with Gasteiger partial charge in [-0.2, -0.15) is 0 Å². The van der Waals surface area contributed by atoms with Crippen molar-refractivity contribution in [2.24, 2.45) is 4.99 Å². The van der Waals surface area contributed by atoms with Crippen molar-refractivity contribution in [2.45, 2.75) is 6.92 Å². The van der Waals surface area contributed by atoms with Crippen LogP contribution in [-0.2, 0) is 0 Å². The lowest BCUT2D eigenvalue weighted by atomic mass is 10.2. The average molecular weight is 407 g/mol. The number of rotatable bonds is 7. The zero-order valence-corrected chi connectivity index (χ0v) is 16.1. The van der Waals surface area contributed by atoms with Gasteiger partial charge in [0, 0.05) is 12.3 Å². The van der Waals surface area contributed by atoms with E-state index >= 15 is 0 Å². The fourth-order valence-corrected chi connectivity index (χ4v) is 2.67. The normalized spacial score (nSPS) is 10.7. The fourth-order valence-electron chi connectivity index (χ4n) is 2.67. The number of nitro benzene ring substituents is 2. The first-order chi connectivity index (χ1) is 14.4. The second kappa shape index (κ2) is 8.82. The molecule has 9 heteroatoms. The summed E-state index contributed by atoms with van der Waals surface area (Å²) in [6.07, 6.45) is 1.67. The van der Waals surface area contributed by atoms with Crippen LogP contribution in [0.15, 0.2) is 65.7 Å². The Morgan fingerprint density at radius 1 is 0.900 bits per heavy atom. The number of ether oxygens (including phenoxy) is 2. The van der Waals surface area contributed by atoms with Gasteiger partial charge in [0.15, 0.2) is 11.5 Å². The quantitative estimate of drug-likeness (QED) is 0.295. The molecule has 0 unspecified atom stereocenters. The minimum absolute atomic E-state index is 0.134. The van der Waals surface area contributed by atoms with Crippen LogP contribution in [0, 0.1) is 27.2 Å². The lowest BCUT2D eigenvalue weighted by molar-refractivity contribution is -0.394. The molecule has 0 aliphatic carbocycles. The Bertz CT molecular complexity index is 1140. The number of benzene rings is 3. The summed E-state index contributed by atoms with van der Waals surface area (Å²) in [6.45, 7) is 1.96. The van der Waals surface area contributed by atoms with Crippen molar-refractivity contribution in [3.05, 3.63) is 92.0 Å². The molecule has 0 fully saturated rings. The molecular formula is C21H17N3O6. The van der Waals surface area contributed by atoms with Crippen LogP contribution in [0.25, 0.3) is 0 Å². The van der Waals surface area contributed by atoms with E-state index in [4.69, 9.17) is 9.47 Å². The van der Waals surface area contributed by atoms with E-state index in [0.29, 0.717) is 5.75 Å². The van der Waals surface area contributed by atoms with Crippen LogP contribution in [0.4, 0.5) is 17.1 Å². The van der Waals surface area contributed by atoms with Crippen LogP contribution >= 0.6 is 0 Å². The van der Waals surface area contributed by atoms with E-state index < -0.39 is 21.2 Å². The van der Waals surface area contributed by atoms with Gasteiger partial charge in [-0.05, 0) is 48.4 Å². The highest BCUT2D eigenvalue weighted by Crippen LogP contribution is 2.38. The molecular weight excluding hydrogens is 390 g/mol. The van der Waals surface area contributed by atoms with Crippen LogP contribution in [0.3, 0.4) is 0 Å². The molecule has 30 heavy (non-hydrogen) atoms. The SMILES string of the molecule is COc1cc(C=Nc2ccccc2C)ccc1Oc1ccc([N+](=O)[O-])cc1[N+](=O)[O-]. The third-order valence-corrected chi connectivity index (χ3v) is 4.23. The van der Waals surface area contributed by atoms with E-state index in [1.807, 2.05) is 31.2 Å². The van der Waals surface area contributed by atoms with Gasteiger partial charge in [0.2, 0.25) is 5.75 Å². The summed E-state index contributed by atoms with van der Waals surface area (Å²) in [5, 5.41) is 22.2. The standard InChI is InChI=1S/C21H17N3O6/c1-14-5-3-4-6-17(14)22-13-15-7-9-20(21(11-15)29-2)30-19-10-8-16(23(25)26)12-18(19)24(27)28/h3-13H,1-2H3. The van der Waals surface area contributed by atoms with E-state index in [-0.39, 0.29) is 11.5 Å². The van der Waals surface area contributed by atoms with Gasteiger partial charge in [-0.25, -0.2) is 0 Å². The van der Waals surface area contributed by atoms with Crippen molar-refractivity contribution >= 4 is 23.3 Å². The van der Waals surface area contributed by atoms with Gasteiger partial charge in [-0.1, -0.05) is 18.2 Å². The summed E-state index contributed by atoms with van der Waals surface area (Å²) >= 11 is 0. The Morgan fingerprint density at radius 3 is 2.30 bits per heavy atom. The van der Waals surface area contributed by atoms with Crippen LogP contribution in [-0.4, -0.2) is 23.2 Å². The molecule has 3 rings (SSSR count). The lowest BCUT2D eigenvalue weighted by Crippen LogP contribution is -1.97. The highest BCUT2D eigenvalue weighted by atomic mass is 16.6. The Morgan fingerprint density at radius 2 is 1.63 bits per heavy atom. The molecule has 0 heterocycles. The second-order valence-electron chi connectivity index (χ2n) is 6.22. The van der Waals surface area contributed by atoms with Crippen LogP contribution in [0.1, 0.15) is 11.1 Å². The number of para-hydroxylation sites is 1. The molecule has 0 saturated heterocycles. The number of aliphatic imine (C=N–C) groups is 1. The van der Waals surface area contributed by atoms with Crippen LogP contribution in [0.5, 0.6) is 17.2 Å². The van der Waals surface area contributed by atoms with Crippen molar-refractivity contribution in [2.75, 3.05) is 7.11 Å². The fraction of sp³-hybridized carbons (Fsp3) is 0.0952. The Labute approximate surface area is 171 Å². The molecule has 0 N–H and O–H groups in total. The van der Waals surface area contributed by atoms with Crippen molar-refractivity contribution in [3.8, 4) is 17.2 Å². The van der Waals surface area contributed by atoms with E-state index in [1.54, 1.807) is 24.4 Å². The van der Waals surface area contributed by atoms with Gasteiger partial charge in [0.25, 0.3) is 5.69 Å². The van der Waals surface area contributed by atoms with E-state index in [2.05, 4.69) is 4.99 Å². The van der Waals surface area contributed by atoms with Crippen LogP contribution < -0.4 is 9.47 Å². The van der Waals surface area contributed by atoms with Crippen molar-refractivity contribution in [1.29, 1.82) is 0 Å². The molecule has 0 saturated carbocycles. The Kier molecular flexibility index (Phi) is 6.02. The molecule has 0 atom stereocenters. The maximum Gasteiger partial charge on any atom is 0.318 e. The van der Waals surface area contributed by atoms with E-state index in [1.165, 1.54) is 13.2 Å². The summed E-state index contributed by atoms with van der Waals surface area (Å²) in [4.78, 5) is 25.2. The van der Waals surface area contributed by atoms with Crippen molar-refractivity contribution in [3.63, 3.8) is 0 Å². The number of hydrogen-bond donors (Lipinski definition) is 0. The molecule has 0 bridgehead atoms. The summed E-state index contributed by atoms with van der Waals surface area (Å²) in [5.41, 5.74) is 1.69. The second-order valence-corrected chi connectivity index (χ2v) is 6.22. The summed E-state index contributed by atoms with van der Waals surface area (Å²) < 4.78 is 11.0. The predicted molar refractivity (Wildman–Crippen MR) is 111 cm³/mol. The molecule has 0 aromatic heterocycles. The molecule has 0 aliphatic heterocycles. The van der Waals surface area contributed by atoms with Gasteiger partial charge in [-0.3, -0.25) is 25.2 Å². The van der Waals surface area contributed by atoms with Gasteiger partial charge in [-0.15, -0.1) is 0 Å². The number of nitrogens with zero attached hydrogens (tertiary/aromatic N) is 3. The van der Waals surface area contributed by atoms with E-state index in [0.717, 1.165) is 28.9 Å². The average Bonchev–Trinajstić information content (AvgIpc) is 2.73. The first-order valence-corrected chi connectivity index (χ1v) is 8.77. The molecule has 0 amide bonds. The zero-order chi connectivity index (χ0) is 21.7. The van der Waals surface area contributed by atoms with Gasteiger partial charge in [0.1, 0.15) is 0 Å². The molecule has 0 spiro atoms. The molecule has 3 aromatic rings. The van der Waals surface area contributed by atoms with Crippen LogP contribution in [0.2, 0.25) is 0 Å². The topological polar surface area (TPSA) is 117 Å². The number of hydrogen-bond acceptors (Lipinski definition) is 7. The smallest absolute Gasteiger partial charge is 0.318 e. The van der Waals surface area contributed by atoms with E-state index in [9.17, 15) is 20.2 Å². The molecule has 0 radical (unpaired) electrons. The number of aryl methyl sites for hydroxylation is 1. The first-order valence-electron chi connectivity index (χ1n) is 8.77. The number of methoxy groups -OCH3 is 1. The van der Waals surface area contributed by atoms with Gasteiger partial charge < -0.3 is 9.47 Å². The molecule has 3 aromatic carbocycles. The molecule has 9 nitrogen and oxygen atoms in total. The van der Waals surface area contributed by atoms with Crippen molar-refractivity contribution in [1.82, 2.24) is 0 Å². The van der Waals surface area contributed by atoms with Gasteiger partial charge in [0.05, 0.1) is 28.7 Å². The Hall–Kier alpha value is -4.27. The third-order valence-electron chi connectivity index (χ3n) is 4.23. The zero-order valence-electron chi connectivity index (χ0n) is 16.1.